The Balaban J connectivity index is 1.21. The van der Waals surface area contributed by atoms with Crippen molar-refractivity contribution in [2.45, 2.75) is 154 Å². The number of hydrogen-bond donors (Lipinski definition) is 4. The van der Waals surface area contributed by atoms with Gasteiger partial charge in [-0.1, -0.05) is 103 Å². The van der Waals surface area contributed by atoms with Gasteiger partial charge < -0.3 is 39.8 Å². The molecule has 1 aromatic carbocycles. The normalized spacial score (nSPS) is 20.9. The Morgan fingerprint density at radius 2 is 1.57 bits per heavy atom. The molecule has 0 radical (unpaired) electrons. The molecular weight excluding hydrogens is 765 g/mol. The minimum atomic E-state index is -4.73. The van der Waals surface area contributed by atoms with Crippen LogP contribution >= 0.6 is 7.82 Å². The number of aliphatic hydroxyl groups is 2. The number of ether oxygens (including phenoxy) is 4. The summed E-state index contributed by atoms with van der Waals surface area (Å²) in [5, 5.41) is 35.6. The Kier molecular flexibility index (Phi) is 20.2. The first-order valence-corrected chi connectivity index (χ1v) is 22.7. The van der Waals surface area contributed by atoms with Crippen LogP contribution in [0.1, 0.15) is 135 Å². The van der Waals surface area contributed by atoms with Crippen molar-refractivity contribution in [3.8, 4) is 17.6 Å². The number of unbranched alkanes of at least 4 members (excludes halogenated alkanes) is 15. The molecular formula is C42H66N5O10P. The fraction of sp³-hybridized carbons (Fsp3) is 0.690. The lowest BCUT2D eigenvalue weighted by atomic mass is 9.93. The first kappa shape index (κ1) is 47.4. The van der Waals surface area contributed by atoms with Crippen LogP contribution in [0.3, 0.4) is 0 Å². The molecule has 16 heteroatoms. The molecule has 1 unspecified atom stereocenters. The van der Waals surface area contributed by atoms with Crippen LogP contribution in [-0.4, -0.2) is 87.2 Å². The van der Waals surface area contributed by atoms with E-state index in [0.717, 1.165) is 19.3 Å². The zero-order valence-electron chi connectivity index (χ0n) is 34.6. The van der Waals surface area contributed by atoms with Crippen LogP contribution in [-0.2, 0) is 28.7 Å². The largest absolute Gasteiger partial charge is 0.492 e. The number of fused-ring (bicyclic) bond motifs is 1. The number of aliphatic hydroxyl groups excluding tert-OH is 2. The van der Waals surface area contributed by atoms with Crippen molar-refractivity contribution in [1.82, 2.24) is 14.6 Å². The quantitative estimate of drug-likeness (QED) is 0.0373. The summed E-state index contributed by atoms with van der Waals surface area (Å²) >= 11 is 0. The molecule has 6 atom stereocenters. The van der Waals surface area contributed by atoms with E-state index in [2.05, 4.69) is 23.1 Å². The Morgan fingerprint density at radius 3 is 2.19 bits per heavy atom. The van der Waals surface area contributed by atoms with Gasteiger partial charge in [0.1, 0.15) is 59.4 Å². The van der Waals surface area contributed by atoms with Gasteiger partial charge in [-0.3, -0.25) is 9.05 Å². The number of aromatic nitrogens is 3. The van der Waals surface area contributed by atoms with Crippen molar-refractivity contribution < 1.29 is 47.7 Å². The van der Waals surface area contributed by atoms with E-state index < -0.39 is 44.4 Å². The lowest BCUT2D eigenvalue weighted by molar-refractivity contribution is -0.0892. The van der Waals surface area contributed by atoms with Crippen molar-refractivity contribution in [2.24, 2.45) is 0 Å². The number of phosphoric acid groups is 1. The smallest absolute Gasteiger partial charge is 0.472 e. The molecule has 1 aliphatic rings. The number of nitrogen functional groups attached to an aromatic ring is 1. The molecule has 0 spiro atoms. The van der Waals surface area contributed by atoms with E-state index in [4.69, 9.17) is 33.7 Å². The molecule has 4 rings (SSSR count). The highest BCUT2D eigenvalue weighted by Gasteiger charge is 2.54. The van der Waals surface area contributed by atoms with Crippen LogP contribution in [0.25, 0.3) is 5.52 Å². The molecule has 0 saturated carbocycles. The summed E-state index contributed by atoms with van der Waals surface area (Å²) < 4.78 is 48.9. The van der Waals surface area contributed by atoms with Crippen LogP contribution in [0.4, 0.5) is 5.82 Å². The van der Waals surface area contributed by atoms with Gasteiger partial charge in [-0.25, -0.2) is 14.1 Å². The van der Waals surface area contributed by atoms with Gasteiger partial charge in [0.2, 0.25) is 0 Å². The summed E-state index contributed by atoms with van der Waals surface area (Å²) in [6.45, 7) is 5.56. The van der Waals surface area contributed by atoms with Crippen LogP contribution in [0.5, 0.6) is 11.5 Å². The Morgan fingerprint density at radius 1 is 0.931 bits per heavy atom. The number of rotatable bonds is 30. The molecule has 0 aliphatic carbocycles. The summed E-state index contributed by atoms with van der Waals surface area (Å²) in [7, 11) is -4.73. The Hall–Kier alpha value is -3.32. The van der Waals surface area contributed by atoms with E-state index in [-0.39, 0.29) is 19.0 Å². The maximum Gasteiger partial charge on any atom is 0.472 e. The summed E-state index contributed by atoms with van der Waals surface area (Å²) in [4.78, 5) is 14.6. The SMILES string of the molecule is CCCCCCCCCCCCCCCCCCOC[C@H](COP(=O)(O)OC[C@H]1O[C@@](C)(c2ccc3c(N)ncnn23)[C@H](O)[C@@H]1O)Oc1ccc(C#N)c(OCC)c1. The third kappa shape index (κ3) is 14.4. The van der Waals surface area contributed by atoms with Crippen LogP contribution in [0, 0.1) is 11.3 Å². The van der Waals surface area contributed by atoms with Gasteiger partial charge in [0.25, 0.3) is 0 Å². The fourth-order valence-corrected chi connectivity index (χ4v) is 8.02. The first-order chi connectivity index (χ1) is 28.0. The van der Waals surface area contributed by atoms with Gasteiger partial charge in [0.15, 0.2) is 5.82 Å². The zero-order valence-corrected chi connectivity index (χ0v) is 35.5. The van der Waals surface area contributed by atoms with Crippen LogP contribution < -0.4 is 15.2 Å². The summed E-state index contributed by atoms with van der Waals surface area (Å²) in [6.07, 6.45) is 16.7. The first-order valence-electron chi connectivity index (χ1n) is 21.2. The molecule has 58 heavy (non-hydrogen) atoms. The molecule has 3 aromatic rings. The van der Waals surface area contributed by atoms with Gasteiger partial charge in [-0.15, -0.1) is 0 Å². The maximum absolute atomic E-state index is 13.1. The predicted octanol–water partition coefficient (Wildman–Crippen LogP) is 7.78. The summed E-state index contributed by atoms with van der Waals surface area (Å²) in [5.74, 6) is 0.926. The van der Waals surface area contributed by atoms with E-state index in [1.807, 2.05) is 0 Å². The van der Waals surface area contributed by atoms with E-state index in [1.165, 1.54) is 94.3 Å². The monoisotopic (exact) mass is 831 g/mol. The van der Waals surface area contributed by atoms with Crippen molar-refractivity contribution in [3.05, 3.63) is 47.9 Å². The number of nitriles is 1. The summed E-state index contributed by atoms with van der Waals surface area (Å²) in [5.41, 5.74) is 5.71. The molecule has 1 aliphatic heterocycles. The van der Waals surface area contributed by atoms with Crippen LogP contribution in [0.2, 0.25) is 0 Å². The number of phosphoric ester groups is 1. The average Bonchev–Trinajstić information content (AvgIpc) is 3.75. The average molecular weight is 832 g/mol. The standard InChI is InChI=1S/C42H66N5O10P/c1-4-6-7-8-9-10-11-12-13-14-15-16-17-18-19-20-25-52-28-34(56-33-22-21-32(27-43)36(26-33)53-5-2)29-54-58(50,51)55-30-37-39(48)40(49)42(3,57-37)38-24-23-35-41(44)45-31-46-47(35)38/h21-24,26,31,34,37,39-40,48-49H,4-20,25,28-30H2,1-3H3,(H,50,51)(H2,44,45,46)/t34-,37-,39-,40-,42+/m1/s1. The molecule has 0 bridgehead atoms. The van der Waals surface area contributed by atoms with E-state index in [1.54, 1.807) is 44.2 Å². The third-order valence-electron chi connectivity index (χ3n) is 10.6. The van der Waals surface area contributed by atoms with Crippen LogP contribution in [0.15, 0.2) is 36.7 Å². The highest BCUT2D eigenvalue weighted by molar-refractivity contribution is 7.47. The molecule has 2 aromatic heterocycles. The van der Waals surface area contributed by atoms with E-state index >= 15 is 0 Å². The van der Waals surface area contributed by atoms with Gasteiger partial charge in [-0.2, -0.15) is 10.4 Å². The molecule has 0 amide bonds. The van der Waals surface area contributed by atoms with Crippen molar-refractivity contribution >= 4 is 19.2 Å². The predicted molar refractivity (Wildman–Crippen MR) is 220 cm³/mol. The lowest BCUT2D eigenvalue weighted by Crippen LogP contribution is -2.39. The summed E-state index contributed by atoms with van der Waals surface area (Å²) in [6, 6.07) is 10.2. The number of benzene rings is 1. The number of anilines is 1. The molecule has 15 nitrogen and oxygen atoms in total. The molecule has 324 valence electrons. The zero-order chi connectivity index (χ0) is 41.8. The lowest BCUT2D eigenvalue weighted by Gasteiger charge is -2.27. The van der Waals surface area contributed by atoms with Crippen molar-refractivity contribution in [3.63, 3.8) is 0 Å². The van der Waals surface area contributed by atoms with E-state index in [9.17, 15) is 24.9 Å². The fourth-order valence-electron chi connectivity index (χ4n) is 7.26. The van der Waals surface area contributed by atoms with E-state index in [0.29, 0.717) is 41.5 Å². The second-order valence-electron chi connectivity index (χ2n) is 15.2. The van der Waals surface area contributed by atoms with Gasteiger partial charge in [0.05, 0.1) is 37.7 Å². The number of hydrogen-bond acceptors (Lipinski definition) is 13. The highest BCUT2D eigenvalue weighted by atomic mass is 31.2. The molecule has 5 N–H and O–H groups in total. The van der Waals surface area contributed by atoms with Gasteiger partial charge >= 0.3 is 7.82 Å². The molecule has 1 saturated heterocycles. The minimum Gasteiger partial charge on any atom is -0.492 e. The van der Waals surface area contributed by atoms with Crippen molar-refractivity contribution in [1.29, 1.82) is 5.26 Å². The molecule has 1 fully saturated rings. The van der Waals surface area contributed by atoms with Crippen molar-refractivity contribution in [2.75, 3.05) is 38.8 Å². The number of nitrogens with zero attached hydrogens (tertiary/aromatic N) is 4. The Bertz CT molecular complexity index is 1740. The number of nitrogens with two attached hydrogens (primary N) is 1. The maximum atomic E-state index is 13.1. The topological polar surface area (TPSA) is 213 Å². The molecule has 3 heterocycles. The third-order valence-corrected chi connectivity index (χ3v) is 11.6. The highest BCUT2D eigenvalue weighted by Crippen LogP contribution is 2.46. The minimum absolute atomic E-state index is 0.0526. The van der Waals surface area contributed by atoms with Gasteiger partial charge in [-0.05, 0) is 44.5 Å². The second kappa shape index (κ2) is 24.7. The Labute approximate surface area is 343 Å². The van der Waals surface area contributed by atoms with Gasteiger partial charge in [0, 0.05) is 12.7 Å². The second-order valence-corrected chi connectivity index (χ2v) is 16.7.